The number of aryl methyl sites for hydroxylation is 4. The Balaban J connectivity index is 2.00. The second kappa shape index (κ2) is 5.65. The fourth-order valence-corrected chi connectivity index (χ4v) is 3.19. The highest BCUT2D eigenvalue weighted by Crippen LogP contribution is 2.29. The molecule has 0 aliphatic rings. The van der Waals surface area contributed by atoms with Gasteiger partial charge in [-0.15, -0.1) is 0 Å². The fourth-order valence-electron chi connectivity index (χ4n) is 2.29. The molecule has 0 N–H and O–H groups in total. The number of thioether (sulfide) groups is 1. The number of fused-ring (bicyclic) bond motifs is 1. The van der Waals surface area contributed by atoms with Crippen LogP contribution in [-0.2, 0) is 5.75 Å². The molecular formula is C17H17NO3S. The highest BCUT2D eigenvalue weighted by atomic mass is 32.2. The van der Waals surface area contributed by atoms with E-state index >= 15 is 0 Å². The van der Waals surface area contributed by atoms with E-state index in [2.05, 4.69) is 4.98 Å². The van der Waals surface area contributed by atoms with Gasteiger partial charge in [0.15, 0.2) is 0 Å². The molecule has 0 radical (unpaired) electrons. The zero-order valence-electron chi connectivity index (χ0n) is 13.0. The zero-order chi connectivity index (χ0) is 15.9. The lowest BCUT2D eigenvalue weighted by atomic mass is 10.0. The molecule has 4 nitrogen and oxygen atoms in total. The van der Waals surface area contributed by atoms with Crippen LogP contribution in [0.15, 0.2) is 37.1 Å². The number of benzene rings is 1. The maximum atomic E-state index is 11.8. The Morgan fingerprint density at radius 2 is 1.91 bits per heavy atom. The lowest BCUT2D eigenvalue weighted by molar-refractivity contribution is 0.431. The summed E-state index contributed by atoms with van der Waals surface area (Å²) in [6, 6.07) is 5.60. The summed E-state index contributed by atoms with van der Waals surface area (Å²) < 4.78 is 11.0. The van der Waals surface area contributed by atoms with Crippen molar-refractivity contribution in [2.24, 2.45) is 0 Å². The minimum Gasteiger partial charge on any atom is -0.437 e. The van der Waals surface area contributed by atoms with Crippen LogP contribution < -0.4 is 5.63 Å². The van der Waals surface area contributed by atoms with Crippen molar-refractivity contribution in [3.05, 3.63) is 56.8 Å². The quantitative estimate of drug-likeness (QED) is 0.532. The first kappa shape index (κ1) is 14.9. The van der Waals surface area contributed by atoms with Gasteiger partial charge < -0.3 is 8.83 Å². The molecule has 1 aromatic carbocycles. The smallest absolute Gasteiger partial charge is 0.336 e. The molecule has 0 saturated carbocycles. The Kier molecular flexibility index (Phi) is 3.83. The second-order valence-electron chi connectivity index (χ2n) is 5.38. The van der Waals surface area contributed by atoms with Crippen molar-refractivity contribution in [2.45, 2.75) is 38.7 Å². The summed E-state index contributed by atoms with van der Waals surface area (Å²) in [6.07, 6.45) is 0. The van der Waals surface area contributed by atoms with Crippen molar-refractivity contribution in [1.29, 1.82) is 0 Å². The van der Waals surface area contributed by atoms with Crippen LogP contribution in [0.5, 0.6) is 0 Å². The van der Waals surface area contributed by atoms with E-state index in [0.717, 1.165) is 33.5 Å². The summed E-state index contributed by atoms with van der Waals surface area (Å²) in [4.78, 5) is 16.2. The van der Waals surface area contributed by atoms with E-state index in [-0.39, 0.29) is 5.63 Å². The predicted molar refractivity (Wildman–Crippen MR) is 87.5 cm³/mol. The van der Waals surface area contributed by atoms with Crippen LogP contribution in [-0.4, -0.2) is 4.98 Å². The van der Waals surface area contributed by atoms with E-state index < -0.39 is 0 Å². The fraction of sp³-hybridized carbons (Fsp3) is 0.294. The third kappa shape index (κ3) is 2.68. The number of hydrogen-bond acceptors (Lipinski definition) is 5. The third-order valence-corrected chi connectivity index (χ3v) is 4.75. The molecule has 0 saturated heterocycles. The molecule has 3 rings (SSSR count). The van der Waals surface area contributed by atoms with Crippen LogP contribution in [0.3, 0.4) is 0 Å². The SMILES string of the molecule is Cc1ccc2c(CSc3nc(C)c(C)o3)cc(=O)oc2c1C. The molecule has 0 aliphatic heterocycles. The van der Waals surface area contributed by atoms with Crippen LogP contribution in [0.4, 0.5) is 0 Å². The van der Waals surface area contributed by atoms with Crippen LogP contribution in [0.2, 0.25) is 0 Å². The number of hydrogen-bond donors (Lipinski definition) is 0. The average molecular weight is 315 g/mol. The van der Waals surface area contributed by atoms with Gasteiger partial charge in [0.25, 0.3) is 5.22 Å². The van der Waals surface area contributed by atoms with Crippen LogP contribution >= 0.6 is 11.8 Å². The lowest BCUT2D eigenvalue weighted by Crippen LogP contribution is -2.01. The van der Waals surface area contributed by atoms with Crippen molar-refractivity contribution in [3.8, 4) is 0 Å². The van der Waals surface area contributed by atoms with E-state index in [9.17, 15) is 4.79 Å². The molecule has 0 spiro atoms. The summed E-state index contributed by atoms with van der Waals surface area (Å²) in [5.41, 5.74) is 4.29. The summed E-state index contributed by atoms with van der Waals surface area (Å²) in [7, 11) is 0. The van der Waals surface area contributed by atoms with E-state index in [1.807, 2.05) is 39.8 Å². The van der Waals surface area contributed by atoms with Gasteiger partial charge in [0.1, 0.15) is 11.3 Å². The predicted octanol–water partition coefficient (Wildman–Crippen LogP) is 4.31. The lowest BCUT2D eigenvalue weighted by Gasteiger charge is -2.08. The van der Waals surface area contributed by atoms with Crippen molar-refractivity contribution in [1.82, 2.24) is 4.98 Å². The van der Waals surface area contributed by atoms with Crippen molar-refractivity contribution in [2.75, 3.05) is 0 Å². The molecule has 2 aromatic heterocycles. The Labute approximate surface area is 132 Å². The number of oxazole rings is 1. The van der Waals surface area contributed by atoms with E-state index in [4.69, 9.17) is 8.83 Å². The Hall–Kier alpha value is -2.01. The Morgan fingerprint density at radius 3 is 2.59 bits per heavy atom. The van der Waals surface area contributed by atoms with E-state index in [1.54, 1.807) is 6.07 Å². The molecule has 2 heterocycles. The summed E-state index contributed by atoms with van der Waals surface area (Å²) in [5.74, 6) is 1.44. The van der Waals surface area contributed by atoms with Crippen LogP contribution in [0.25, 0.3) is 11.0 Å². The minimum absolute atomic E-state index is 0.323. The van der Waals surface area contributed by atoms with Gasteiger partial charge in [-0.25, -0.2) is 9.78 Å². The standard InChI is InChI=1S/C17H17NO3S/c1-9-5-6-14-13(7-15(19)21-16(14)10(9)2)8-22-17-18-11(3)12(4)20-17/h5-7H,8H2,1-4H3. The number of rotatable bonds is 3. The first-order valence-corrected chi connectivity index (χ1v) is 8.04. The summed E-state index contributed by atoms with van der Waals surface area (Å²) in [6.45, 7) is 7.79. The molecule has 0 fully saturated rings. The first-order valence-electron chi connectivity index (χ1n) is 7.05. The molecule has 5 heteroatoms. The maximum absolute atomic E-state index is 11.8. The molecule has 0 aliphatic carbocycles. The average Bonchev–Trinajstić information content (AvgIpc) is 2.79. The van der Waals surface area contributed by atoms with Gasteiger partial charge in [-0.2, -0.15) is 0 Å². The maximum Gasteiger partial charge on any atom is 0.336 e. The molecular weight excluding hydrogens is 298 g/mol. The first-order chi connectivity index (χ1) is 10.5. The largest absolute Gasteiger partial charge is 0.437 e. The van der Waals surface area contributed by atoms with Gasteiger partial charge in [-0.1, -0.05) is 23.9 Å². The number of nitrogens with zero attached hydrogens (tertiary/aromatic N) is 1. The molecule has 0 amide bonds. The monoisotopic (exact) mass is 315 g/mol. The van der Waals surface area contributed by atoms with Gasteiger partial charge in [0, 0.05) is 17.2 Å². The molecule has 0 bridgehead atoms. The van der Waals surface area contributed by atoms with Gasteiger partial charge in [-0.05, 0) is 44.4 Å². The molecule has 0 unspecified atom stereocenters. The normalized spacial score (nSPS) is 11.3. The molecule has 114 valence electrons. The summed E-state index contributed by atoms with van der Waals surface area (Å²) in [5, 5.41) is 1.59. The zero-order valence-corrected chi connectivity index (χ0v) is 13.8. The van der Waals surface area contributed by atoms with Crippen molar-refractivity contribution >= 4 is 22.7 Å². The van der Waals surface area contributed by atoms with Crippen molar-refractivity contribution < 1.29 is 8.83 Å². The highest BCUT2D eigenvalue weighted by Gasteiger charge is 2.12. The van der Waals surface area contributed by atoms with Crippen molar-refractivity contribution in [3.63, 3.8) is 0 Å². The second-order valence-corrected chi connectivity index (χ2v) is 6.31. The van der Waals surface area contributed by atoms with E-state index in [0.29, 0.717) is 16.6 Å². The van der Waals surface area contributed by atoms with Gasteiger partial charge in [-0.3, -0.25) is 0 Å². The number of aromatic nitrogens is 1. The van der Waals surface area contributed by atoms with Gasteiger partial charge >= 0.3 is 5.63 Å². The van der Waals surface area contributed by atoms with E-state index in [1.165, 1.54) is 11.8 Å². The molecule has 22 heavy (non-hydrogen) atoms. The van der Waals surface area contributed by atoms with Gasteiger partial charge in [0.05, 0.1) is 5.69 Å². The minimum atomic E-state index is -0.323. The molecule has 0 atom stereocenters. The Bertz CT molecular complexity index is 889. The van der Waals surface area contributed by atoms with Crippen LogP contribution in [0.1, 0.15) is 28.1 Å². The third-order valence-electron chi connectivity index (χ3n) is 3.88. The molecule has 3 aromatic rings. The van der Waals surface area contributed by atoms with Crippen LogP contribution in [0, 0.1) is 27.7 Å². The topological polar surface area (TPSA) is 56.2 Å². The summed E-state index contributed by atoms with van der Waals surface area (Å²) >= 11 is 1.48. The highest BCUT2D eigenvalue weighted by molar-refractivity contribution is 7.98. The van der Waals surface area contributed by atoms with Gasteiger partial charge in [0.2, 0.25) is 0 Å². The Morgan fingerprint density at radius 1 is 1.14 bits per heavy atom.